The van der Waals surface area contributed by atoms with Crippen molar-refractivity contribution < 1.29 is 4.74 Å². The Morgan fingerprint density at radius 2 is 2.33 bits per heavy atom. The number of hydrogen-bond acceptors (Lipinski definition) is 5. The summed E-state index contributed by atoms with van der Waals surface area (Å²) in [5.74, 6) is 1.13. The van der Waals surface area contributed by atoms with Gasteiger partial charge < -0.3 is 15.4 Å². The van der Waals surface area contributed by atoms with Crippen LogP contribution in [0.25, 0.3) is 0 Å². The fourth-order valence-corrected chi connectivity index (χ4v) is 1.36. The van der Waals surface area contributed by atoms with Crippen LogP contribution in [0.3, 0.4) is 0 Å². The third kappa shape index (κ3) is 2.79. The Hall–Kier alpha value is -0.880. The highest BCUT2D eigenvalue weighted by Crippen LogP contribution is 2.23. The maximum absolute atomic E-state index is 5.57. The Morgan fingerprint density at radius 1 is 1.67 bits per heavy atom. The molecule has 0 saturated heterocycles. The molecular formula is C9H15BrN4O. The van der Waals surface area contributed by atoms with Crippen LogP contribution in [-0.4, -0.2) is 36.7 Å². The number of methoxy groups -OCH3 is 1. The molecule has 1 heterocycles. The molecule has 0 aliphatic rings. The Balaban J connectivity index is 2.95. The van der Waals surface area contributed by atoms with Crippen molar-refractivity contribution in [2.45, 2.75) is 13.0 Å². The van der Waals surface area contributed by atoms with Crippen LogP contribution in [0.4, 0.5) is 5.95 Å². The zero-order valence-corrected chi connectivity index (χ0v) is 10.7. The predicted molar refractivity (Wildman–Crippen MR) is 63.2 cm³/mol. The molecule has 0 aliphatic carbocycles. The van der Waals surface area contributed by atoms with Gasteiger partial charge in [-0.05, 0) is 22.9 Å². The summed E-state index contributed by atoms with van der Waals surface area (Å²) < 4.78 is 5.83. The molecular weight excluding hydrogens is 260 g/mol. The molecule has 1 aromatic rings. The van der Waals surface area contributed by atoms with Gasteiger partial charge in [-0.15, -0.1) is 0 Å². The van der Waals surface area contributed by atoms with Crippen molar-refractivity contribution in [2.75, 3.05) is 25.6 Å². The Labute approximate surface area is 97.8 Å². The first kappa shape index (κ1) is 12.2. The summed E-state index contributed by atoms with van der Waals surface area (Å²) >= 11 is 3.30. The van der Waals surface area contributed by atoms with Gasteiger partial charge in [0.1, 0.15) is 0 Å². The topological polar surface area (TPSA) is 64.3 Å². The van der Waals surface area contributed by atoms with E-state index >= 15 is 0 Å². The number of nitrogens with two attached hydrogens (primary N) is 1. The van der Waals surface area contributed by atoms with E-state index in [9.17, 15) is 0 Å². The third-order valence-electron chi connectivity index (χ3n) is 2.21. The molecule has 6 heteroatoms. The van der Waals surface area contributed by atoms with Gasteiger partial charge in [0, 0.05) is 19.6 Å². The number of ether oxygens (including phenoxy) is 1. The van der Waals surface area contributed by atoms with Gasteiger partial charge in [0.2, 0.25) is 11.8 Å². The number of likely N-dealkylation sites (N-methyl/N-ethyl adjacent to an activating group) is 1. The molecule has 0 amide bonds. The minimum absolute atomic E-state index is 0.191. The smallest absolute Gasteiger partial charge is 0.232 e. The van der Waals surface area contributed by atoms with Gasteiger partial charge in [-0.3, -0.25) is 0 Å². The van der Waals surface area contributed by atoms with Crippen molar-refractivity contribution in [2.24, 2.45) is 5.73 Å². The van der Waals surface area contributed by atoms with Crippen LogP contribution < -0.4 is 15.4 Å². The van der Waals surface area contributed by atoms with E-state index in [1.54, 1.807) is 13.3 Å². The molecule has 1 rings (SSSR count). The molecule has 1 unspecified atom stereocenters. The fraction of sp³-hybridized carbons (Fsp3) is 0.556. The maximum Gasteiger partial charge on any atom is 0.232 e. The van der Waals surface area contributed by atoms with Gasteiger partial charge >= 0.3 is 0 Å². The molecule has 0 saturated carbocycles. The summed E-state index contributed by atoms with van der Waals surface area (Å²) in [6.45, 7) is 2.57. The monoisotopic (exact) mass is 274 g/mol. The highest BCUT2D eigenvalue weighted by atomic mass is 79.9. The van der Waals surface area contributed by atoms with Crippen molar-refractivity contribution in [3.8, 4) is 5.88 Å². The molecule has 0 aliphatic heterocycles. The highest BCUT2D eigenvalue weighted by Gasteiger charge is 2.13. The molecule has 0 radical (unpaired) electrons. The molecule has 0 spiro atoms. The SMILES string of the molecule is COc1nc(N(C)C(C)CN)ncc1Br. The largest absolute Gasteiger partial charge is 0.480 e. The Kier molecular flexibility index (Phi) is 4.28. The molecule has 84 valence electrons. The zero-order valence-electron chi connectivity index (χ0n) is 9.07. The van der Waals surface area contributed by atoms with Crippen LogP contribution in [0.2, 0.25) is 0 Å². The summed E-state index contributed by atoms with van der Waals surface area (Å²) in [6, 6.07) is 0.191. The number of aromatic nitrogens is 2. The second kappa shape index (κ2) is 5.27. The quantitative estimate of drug-likeness (QED) is 0.889. The van der Waals surface area contributed by atoms with E-state index in [4.69, 9.17) is 10.5 Å². The lowest BCUT2D eigenvalue weighted by Crippen LogP contribution is -2.36. The predicted octanol–water partition coefficient (Wildman–Crippen LogP) is 1.03. The normalized spacial score (nSPS) is 12.3. The first-order valence-electron chi connectivity index (χ1n) is 4.59. The van der Waals surface area contributed by atoms with E-state index in [1.807, 2.05) is 18.9 Å². The molecule has 0 bridgehead atoms. The lowest BCUT2D eigenvalue weighted by atomic mass is 10.3. The third-order valence-corrected chi connectivity index (χ3v) is 2.75. The van der Waals surface area contributed by atoms with Crippen molar-refractivity contribution in [3.63, 3.8) is 0 Å². The van der Waals surface area contributed by atoms with Crippen LogP contribution in [-0.2, 0) is 0 Å². The first-order chi connectivity index (χ1) is 7.10. The van der Waals surface area contributed by atoms with E-state index < -0.39 is 0 Å². The van der Waals surface area contributed by atoms with Gasteiger partial charge in [0.15, 0.2) is 0 Å². The summed E-state index contributed by atoms with van der Waals surface area (Å²) in [6.07, 6.45) is 1.67. The molecule has 2 N–H and O–H groups in total. The van der Waals surface area contributed by atoms with Crippen LogP contribution in [0.5, 0.6) is 5.88 Å². The van der Waals surface area contributed by atoms with E-state index in [0.29, 0.717) is 18.4 Å². The number of rotatable bonds is 4. The van der Waals surface area contributed by atoms with E-state index in [1.165, 1.54) is 0 Å². The average Bonchev–Trinajstić information content (AvgIpc) is 2.27. The Bertz CT molecular complexity index is 334. The minimum Gasteiger partial charge on any atom is -0.480 e. The fourth-order valence-electron chi connectivity index (χ4n) is 1.01. The zero-order chi connectivity index (χ0) is 11.4. The summed E-state index contributed by atoms with van der Waals surface area (Å²) in [7, 11) is 3.48. The highest BCUT2D eigenvalue weighted by molar-refractivity contribution is 9.10. The van der Waals surface area contributed by atoms with Crippen molar-refractivity contribution in [1.29, 1.82) is 0 Å². The number of halogens is 1. The average molecular weight is 275 g/mol. The summed E-state index contributed by atoms with van der Waals surface area (Å²) in [5.41, 5.74) is 5.57. The number of nitrogens with zero attached hydrogens (tertiary/aromatic N) is 3. The van der Waals surface area contributed by atoms with Crippen LogP contribution >= 0.6 is 15.9 Å². The molecule has 5 nitrogen and oxygen atoms in total. The second-order valence-electron chi connectivity index (χ2n) is 3.22. The number of hydrogen-bond donors (Lipinski definition) is 1. The van der Waals surface area contributed by atoms with Crippen molar-refractivity contribution in [3.05, 3.63) is 10.7 Å². The standard InChI is InChI=1S/C9H15BrN4O/c1-6(4-11)14(2)9-12-5-7(10)8(13-9)15-3/h5-6H,4,11H2,1-3H3. The van der Waals surface area contributed by atoms with Crippen molar-refractivity contribution >= 4 is 21.9 Å². The van der Waals surface area contributed by atoms with Gasteiger partial charge in [-0.1, -0.05) is 0 Å². The molecule has 15 heavy (non-hydrogen) atoms. The lowest BCUT2D eigenvalue weighted by molar-refractivity contribution is 0.393. The minimum atomic E-state index is 0.191. The summed E-state index contributed by atoms with van der Waals surface area (Å²) in [4.78, 5) is 10.3. The Morgan fingerprint density at radius 3 is 2.87 bits per heavy atom. The van der Waals surface area contributed by atoms with Gasteiger partial charge in [-0.2, -0.15) is 4.98 Å². The van der Waals surface area contributed by atoms with Crippen LogP contribution in [0, 0.1) is 0 Å². The molecule has 1 aromatic heterocycles. The lowest BCUT2D eigenvalue weighted by Gasteiger charge is -2.23. The summed E-state index contributed by atoms with van der Waals surface area (Å²) in [5, 5.41) is 0. The molecule has 0 aromatic carbocycles. The second-order valence-corrected chi connectivity index (χ2v) is 4.08. The van der Waals surface area contributed by atoms with Crippen LogP contribution in [0.15, 0.2) is 10.7 Å². The van der Waals surface area contributed by atoms with E-state index in [-0.39, 0.29) is 6.04 Å². The van der Waals surface area contributed by atoms with Crippen molar-refractivity contribution in [1.82, 2.24) is 9.97 Å². The van der Waals surface area contributed by atoms with Crippen LogP contribution in [0.1, 0.15) is 6.92 Å². The van der Waals surface area contributed by atoms with E-state index in [2.05, 4.69) is 25.9 Å². The molecule has 0 fully saturated rings. The number of anilines is 1. The molecule has 1 atom stereocenters. The van der Waals surface area contributed by atoms with E-state index in [0.717, 1.165) is 4.47 Å². The van der Waals surface area contributed by atoms with Gasteiger partial charge in [0.05, 0.1) is 17.8 Å². The first-order valence-corrected chi connectivity index (χ1v) is 5.38. The maximum atomic E-state index is 5.57. The van der Waals surface area contributed by atoms with Gasteiger partial charge in [0.25, 0.3) is 0 Å². The van der Waals surface area contributed by atoms with Gasteiger partial charge in [-0.25, -0.2) is 4.98 Å².